The summed E-state index contributed by atoms with van der Waals surface area (Å²) in [5, 5.41) is 11.9. The number of carboxylic acid groups (broad SMARTS) is 1. The van der Waals surface area contributed by atoms with Gasteiger partial charge in [-0.2, -0.15) is 0 Å². The largest absolute Gasteiger partial charge is 0.478 e. The number of hydrogen-bond acceptors (Lipinski definition) is 2. The second-order valence-electron chi connectivity index (χ2n) is 2.82. The van der Waals surface area contributed by atoms with Crippen LogP contribution in [-0.2, 0) is 0 Å². The van der Waals surface area contributed by atoms with Crippen molar-refractivity contribution in [3.8, 4) is 0 Å². The molecule has 14 heavy (non-hydrogen) atoms. The van der Waals surface area contributed by atoms with Gasteiger partial charge in [-0.15, -0.1) is 0 Å². The molecule has 0 spiro atoms. The molecule has 0 saturated heterocycles. The van der Waals surface area contributed by atoms with E-state index in [1.807, 2.05) is 19.1 Å². The average molecular weight is 191 g/mol. The Balaban J connectivity index is 3.35. The fourth-order valence-corrected chi connectivity index (χ4v) is 1.32. The van der Waals surface area contributed by atoms with E-state index in [9.17, 15) is 4.79 Å². The molecule has 0 fully saturated rings. The zero-order valence-corrected chi connectivity index (χ0v) is 8.24. The van der Waals surface area contributed by atoms with Crippen molar-refractivity contribution in [1.82, 2.24) is 0 Å². The van der Waals surface area contributed by atoms with Gasteiger partial charge in [-0.05, 0) is 19.1 Å². The molecular weight excluding hydrogens is 178 g/mol. The van der Waals surface area contributed by atoms with E-state index in [4.69, 9.17) is 5.11 Å². The number of benzene rings is 1. The molecule has 74 valence electrons. The molecular formula is C11H13NO2. The van der Waals surface area contributed by atoms with Crippen LogP contribution in [0.5, 0.6) is 0 Å². The predicted octanol–water partition coefficient (Wildman–Crippen LogP) is 2.46. The smallest absolute Gasteiger partial charge is 0.336 e. The molecule has 3 nitrogen and oxygen atoms in total. The van der Waals surface area contributed by atoms with Crippen molar-refractivity contribution in [3.05, 3.63) is 35.4 Å². The number of anilines is 1. The van der Waals surface area contributed by atoms with Gasteiger partial charge < -0.3 is 10.4 Å². The molecule has 0 unspecified atom stereocenters. The van der Waals surface area contributed by atoms with Crippen LogP contribution in [0.4, 0.5) is 5.69 Å². The van der Waals surface area contributed by atoms with Crippen LogP contribution in [0, 0.1) is 0 Å². The molecule has 0 aliphatic heterocycles. The molecule has 1 aromatic rings. The number of carboxylic acids is 1. The maximum atomic E-state index is 10.9. The minimum atomic E-state index is -0.907. The van der Waals surface area contributed by atoms with Gasteiger partial charge in [-0.1, -0.05) is 18.2 Å². The molecule has 0 aliphatic carbocycles. The van der Waals surface area contributed by atoms with Gasteiger partial charge >= 0.3 is 5.97 Å². The molecule has 0 radical (unpaired) electrons. The van der Waals surface area contributed by atoms with Crippen molar-refractivity contribution in [2.45, 2.75) is 6.92 Å². The van der Waals surface area contributed by atoms with Crippen LogP contribution in [0.3, 0.4) is 0 Å². The van der Waals surface area contributed by atoms with Gasteiger partial charge in [0.05, 0.1) is 5.56 Å². The molecule has 0 aromatic heterocycles. The zero-order chi connectivity index (χ0) is 10.6. The van der Waals surface area contributed by atoms with Gasteiger partial charge in [0.25, 0.3) is 0 Å². The van der Waals surface area contributed by atoms with E-state index in [-0.39, 0.29) is 0 Å². The van der Waals surface area contributed by atoms with Gasteiger partial charge in [0.15, 0.2) is 0 Å². The van der Waals surface area contributed by atoms with Gasteiger partial charge in [0.1, 0.15) is 0 Å². The Labute approximate surface area is 83.1 Å². The topological polar surface area (TPSA) is 49.3 Å². The number of carbonyl (C=O) groups is 1. The number of aromatic carboxylic acids is 1. The first-order chi connectivity index (χ1) is 6.70. The summed E-state index contributed by atoms with van der Waals surface area (Å²) >= 11 is 0. The molecule has 0 aliphatic rings. The van der Waals surface area contributed by atoms with E-state index >= 15 is 0 Å². The van der Waals surface area contributed by atoms with Crippen LogP contribution in [0.25, 0.3) is 6.08 Å². The van der Waals surface area contributed by atoms with E-state index < -0.39 is 5.97 Å². The highest BCUT2D eigenvalue weighted by molar-refractivity contribution is 5.94. The molecule has 0 amide bonds. The summed E-state index contributed by atoms with van der Waals surface area (Å²) in [5.41, 5.74) is 1.85. The second kappa shape index (κ2) is 4.46. The van der Waals surface area contributed by atoms with E-state index in [0.29, 0.717) is 11.1 Å². The van der Waals surface area contributed by atoms with Gasteiger partial charge in [0, 0.05) is 18.3 Å². The molecule has 2 N–H and O–H groups in total. The van der Waals surface area contributed by atoms with Crippen LogP contribution in [0.2, 0.25) is 0 Å². The lowest BCUT2D eigenvalue weighted by molar-refractivity contribution is 0.0696. The highest BCUT2D eigenvalue weighted by atomic mass is 16.4. The summed E-state index contributed by atoms with van der Waals surface area (Å²) in [6.07, 6.45) is 3.61. The monoisotopic (exact) mass is 191 g/mol. The van der Waals surface area contributed by atoms with Crippen LogP contribution in [-0.4, -0.2) is 18.1 Å². The third kappa shape index (κ3) is 1.93. The maximum Gasteiger partial charge on any atom is 0.336 e. The first-order valence-corrected chi connectivity index (χ1v) is 4.37. The van der Waals surface area contributed by atoms with Crippen LogP contribution in [0.15, 0.2) is 24.3 Å². The average Bonchev–Trinajstić information content (AvgIpc) is 2.18. The van der Waals surface area contributed by atoms with Crippen LogP contribution < -0.4 is 5.32 Å². The Kier molecular flexibility index (Phi) is 3.29. The van der Waals surface area contributed by atoms with Crippen molar-refractivity contribution in [3.63, 3.8) is 0 Å². The Morgan fingerprint density at radius 2 is 2.21 bits per heavy atom. The SMILES string of the molecule is CC=Cc1c(NC)cccc1C(=O)O. The number of nitrogens with one attached hydrogen (secondary N) is 1. The third-order valence-electron chi connectivity index (χ3n) is 1.94. The fraction of sp³-hybridized carbons (Fsp3) is 0.182. The highest BCUT2D eigenvalue weighted by Crippen LogP contribution is 2.21. The Hall–Kier alpha value is -1.77. The third-order valence-corrected chi connectivity index (χ3v) is 1.94. The van der Waals surface area contributed by atoms with Crippen molar-refractivity contribution >= 4 is 17.7 Å². The quantitative estimate of drug-likeness (QED) is 0.771. The maximum absolute atomic E-state index is 10.9. The molecule has 0 heterocycles. The summed E-state index contributed by atoms with van der Waals surface area (Å²) in [4.78, 5) is 10.9. The molecule has 1 rings (SSSR count). The number of hydrogen-bond donors (Lipinski definition) is 2. The minimum Gasteiger partial charge on any atom is -0.478 e. The molecule has 0 bridgehead atoms. The van der Waals surface area contributed by atoms with E-state index in [2.05, 4.69) is 5.32 Å². The highest BCUT2D eigenvalue weighted by Gasteiger charge is 2.10. The van der Waals surface area contributed by atoms with E-state index in [0.717, 1.165) is 5.69 Å². The van der Waals surface area contributed by atoms with Gasteiger partial charge in [-0.3, -0.25) is 0 Å². The Morgan fingerprint density at radius 3 is 2.71 bits per heavy atom. The summed E-state index contributed by atoms with van der Waals surface area (Å²) in [5.74, 6) is -0.907. The van der Waals surface area contributed by atoms with Gasteiger partial charge in [0.2, 0.25) is 0 Å². The standard InChI is InChI=1S/C11H13NO2/c1-3-5-8-9(11(13)14)6-4-7-10(8)12-2/h3-7,12H,1-2H3,(H,13,14). The normalized spacial score (nSPS) is 10.4. The second-order valence-corrected chi connectivity index (χ2v) is 2.82. The van der Waals surface area contributed by atoms with Crippen LogP contribution in [0.1, 0.15) is 22.8 Å². The summed E-state index contributed by atoms with van der Waals surface area (Å²) in [6.45, 7) is 1.86. The first kappa shape index (κ1) is 10.3. The van der Waals surface area contributed by atoms with E-state index in [1.165, 1.54) is 0 Å². The van der Waals surface area contributed by atoms with Gasteiger partial charge in [-0.25, -0.2) is 4.79 Å². The fourth-order valence-electron chi connectivity index (χ4n) is 1.32. The first-order valence-electron chi connectivity index (χ1n) is 4.37. The van der Waals surface area contributed by atoms with Crippen LogP contribution >= 0.6 is 0 Å². The minimum absolute atomic E-state index is 0.315. The lowest BCUT2D eigenvalue weighted by Crippen LogP contribution is -2.02. The Bertz CT molecular complexity index is 370. The summed E-state index contributed by atoms with van der Waals surface area (Å²) in [6, 6.07) is 5.17. The van der Waals surface area contributed by atoms with Crippen molar-refractivity contribution in [2.24, 2.45) is 0 Å². The van der Waals surface area contributed by atoms with E-state index in [1.54, 1.807) is 25.3 Å². The zero-order valence-electron chi connectivity index (χ0n) is 8.24. The van der Waals surface area contributed by atoms with Crippen molar-refractivity contribution in [2.75, 3.05) is 12.4 Å². The Morgan fingerprint density at radius 1 is 1.50 bits per heavy atom. The lowest BCUT2D eigenvalue weighted by Gasteiger charge is -2.07. The van der Waals surface area contributed by atoms with Crippen molar-refractivity contribution < 1.29 is 9.90 Å². The van der Waals surface area contributed by atoms with Crippen molar-refractivity contribution in [1.29, 1.82) is 0 Å². The summed E-state index contributed by atoms with van der Waals surface area (Å²) < 4.78 is 0. The molecule has 0 saturated carbocycles. The predicted molar refractivity (Wildman–Crippen MR) is 57.7 cm³/mol. The number of rotatable bonds is 3. The molecule has 1 aromatic carbocycles. The number of allylic oxidation sites excluding steroid dienone is 1. The summed E-state index contributed by atoms with van der Waals surface area (Å²) in [7, 11) is 1.77. The lowest BCUT2D eigenvalue weighted by atomic mass is 10.0. The molecule has 3 heteroatoms. The molecule has 0 atom stereocenters.